The Kier molecular flexibility index (Phi) is 13.6. The van der Waals surface area contributed by atoms with E-state index in [0.717, 1.165) is 32.1 Å². The van der Waals surface area contributed by atoms with Crippen LogP contribution >= 0.6 is 11.6 Å². The number of allylic oxidation sites excluding steroid dienone is 5. The summed E-state index contributed by atoms with van der Waals surface area (Å²) in [4.78, 5) is 10.5. The molecule has 0 N–H and O–H groups in total. The summed E-state index contributed by atoms with van der Waals surface area (Å²) in [5, 5.41) is -0.206. The fraction of sp³-hybridized carbons (Fsp3) is 0.562. The van der Waals surface area contributed by atoms with E-state index in [1.54, 1.807) is 0 Å². The molecule has 0 spiro atoms. The third-order valence-corrected chi connectivity index (χ3v) is 2.84. The van der Waals surface area contributed by atoms with Crippen molar-refractivity contribution in [3.63, 3.8) is 0 Å². The number of hydrogen-bond donors (Lipinski definition) is 0. The van der Waals surface area contributed by atoms with Crippen LogP contribution in [0, 0.1) is 0 Å². The molecule has 0 aromatic heterocycles. The molecule has 0 bridgehead atoms. The maximum absolute atomic E-state index is 10.5. The first kappa shape index (κ1) is 17.2. The molecule has 0 fully saturated rings. The minimum Gasteiger partial charge on any atom is -0.281 e. The zero-order valence-electron chi connectivity index (χ0n) is 11.2. The molecule has 0 aliphatic rings. The van der Waals surface area contributed by atoms with Crippen molar-refractivity contribution in [2.24, 2.45) is 0 Å². The zero-order valence-corrected chi connectivity index (χ0v) is 12.0. The van der Waals surface area contributed by atoms with Gasteiger partial charge in [0.05, 0.1) is 0 Å². The van der Waals surface area contributed by atoms with Crippen molar-refractivity contribution >= 4 is 16.8 Å². The Labute approximate surface area is 117 Å². The first-order valence-electron chi connectivity index (χ1n) is 6.86. The van der Waals surface area contributed by atoms with Crippen molar-refractivity contribution in [1.29, 1.82) is 0 Å². The molecule has 18 heavy (non-hydrogen) atoms. The predicted octanol–water partition coefficient (Wildman–Crippen LogP) is 5.56. The number of hydrogen-bond acceptors (Lipinski definition) is 1. The summed E-state index contributed by atoms with van der Waals surface area (Å²) in [6, 6.07) is 0. The third-order valence-electron chi connectivity index (χ3n) is 2.65. The van der Waals surface area contributed by atoms with Crippen LogP contribution in [0.4, 0.5) is 0 Å². The number of carbonyl (C=O) groups excluding carboxylic acids is 1. The van der Waals surface area contributed by atoms with Gasteiger partial charge >= 0.3 is 0 Å². The topological polar surface area (TPSA) is 17.1 Å². The van der Waals surface area contributed by atoms with Crippen molar-refractivity contribution in [2.75, 3.05) is 0 Å². The molecule has 0 rings (SSSR count). The summed E-state index contributed by atoms with van der Waals surface area (Å²) in [6.45, 7) is 3.66. The quantitative estimate of drug-likeness (QED) is 0.257. The van der Waals surface area contributed by atoms with Gasteiger partial charge in [-0.1, -0.05) is 49.6 Å². The highest BCUT2D eigenvalue weighted by Gasteiger charge is 1.95. The molecule has 0 aliphatic carbocycles. The highest BCUT2D eigenvalue weighted by atomic mass is 35.5. The Balaban J connectivity index is 3.17. The smallest absolute Gasteiger partial charge is 0.221 e. The molecule has 102 valence electrons. The monoisotopic (exact) mass is 268 g/mol. The van der Waals surface area contributed by atoms with Crippen LogP contribution in [0.2, 0.25) is 0 Å². The van der Waals surface area contributed by atoms with Gasteiger partial charge in [-0.25, -0.2) is 0 Å². The van der Waals surface area contributed by atoms with Gasteiger partial charge in [0, 0.05) is 6.42 Å². The summed E-state index contributed by atoms with van der Waals surface area (Å²) >= 11 is 5.26. The minimum absolute atomic E-state index is 0.206. The van der Waals surface area contributed by atoms with Crippen LogP contribution in [0.3, 0.4) is 0 Å². The molecule has 0 aliphatic heterocycles. The molecule has 0 radical (unpaired) electrons. The van der Waals surface area contributed by atoms with Crippen molar-refractivity contribution in [2.45, 2.75) is 57.8 Å². The lowest BCUT2D eigenvalue weighted by atomic mass is 10.1. The van der Waals surface area contributed by atoms with Crippen LogP contribution in [-0.2, 0) is 4.79 Å². The third kappa shape index (κ3) is 15.2. The molecule has 0 saturated heterocycles. The summed E-state index contributed by atoms with van der Waals surface area (Å²) < 4.78 is 0. The highest BCUT2D eigenvalue weighted by molar-refractivity contribution is 6.63. The Hall–Kier alpha value is -0.820. The Bertz CT molecular complexity index is 266. The van der Waals surface area contributed by atoms with Crippen LogP contribution in [-0.4, -0.2) is 5.24 Å². The molecule has 0 heterocycles. The molecule has 0 aromatic rings. The first-order chi connectivity index (χ1) is 8.77. The number of halogens is 1. The van der Waals surface area contributed by atoms with Gasteiger partial charge in [0.15, 0.2) is 0 Å². The second-order valence-electron chi connectivity index (χ2n) is 4.36. The molecular weight excluding hydrogens is 244 g/mol. The van der Waals surface area contributed by atoms with E-state index in [-0.39, 0.29) is 5.24 Å². The van der Waals surface area contributed by atoms with Crippen LogP contribution in [0.5, 0.6) is 0 Å². The lowest BCUT2D eigenvalue weighted by Crippen LogP contribution is -1.86. The average molecular weight is 269 g/mol. The van der Waals surface area contributed by atoms with Crippen molar-refractivity contribution < 1.29 is 4.79 Å². The summed E-state index contributed by atoms with van der Waals surface area (Å²) in [5.74, 6) is 0. The number of carbonyl (C=O) groups is 1. The Morgan fingerprint density at radius 1 is 0.889 bits per heavy atom. The van der Waals surface area contributed by atoms with Gasteiger partial charge in [0.2, 0.25) is 5.24 Å². The van der Waals surface area contributed by atoms with Crippen LogP contribution in [0.25, 0.3) is 0 Å². The number of rotatable bonds is 12. The summed E-state index contributed by atoms with van der Waals surface area (Å²) in [5.41, 5.74) is 0. The summed E-state index contributed by atoms with van der Waals surface area (Å²) in [7, 11) is 0. The summed E-state index contributed by atoms with van der Waals surface area (Å²) in [6.07, 6.45) is 20.1. The molecule has 0 atom stereocenters. The van der Waals surface area contributed by atoms with Gasteiger partial charge in [-0.05, 0) is 43.7 Å². The molecule has 2 heteroatoms. The largest absolute Gasteiger partial charge is 0.281 e. The molecule has 1 nitrogen and oxygen atoms in total. The van der Waals surface area contributed by atoms with Crippen LogP contribution < -0.4 is 0 Å². The highest BCUT2D eigenvalue weighted by Crippen LogP contribution is 2.08. The zero-order chi connectivity index (χ0) is 13.5. The lowest BCUT2D eigenvalue weighted by Gasteiger charge is -1.97. The molecule has 0 unspecified atom stereocenters. The van der Waals surface area contributed by atoms with E-state index >= 15 is 0 Å². The van der Waals surface area contributed by atoms with Gasteiger partial charge in [0.1, 0.15) is 0 Å². The van der Waals surface area contributed by atoms with Crippen molar-refractivity contribution in [3.8, 4) is 0 Å². The second-order valence-corrected chi connectivity index (χ2v) is 4.79. The minimum atomic E-state index is -0.206. The van der Waals surface area contributed by atoms with Gasteiger partial charge in [-0.15, -0.1) is 6.58 Å². The molecule has 0 saturated carbocycles. The van der Waals surface area contributed by atoms with E-state index in [1.165, 1.54) is 19.3 Å². The van der Waals surface area contributed by atoms with Crippen LogP contribution in [0.15, 0.2) is 37.0 Å². The van der Waals surface area contributed by atoms with E-state index in [2.05, 4.69) is 30.9 Å². The van der Waals surface area contributed by atoms with Crippen molar-refractivity contribution in [3.05, 3.63) is 37.0 Å². The standard InChI is InChI=1S/C16H25ClO/c1-2-3-4-5-6-7-8-9-10-11-12-13-14-15-16(17)18/h2,4-5,7-8H,1,3,6,9-15H2/b5-4-,8-7-. The Morgan fingerprint density at radius 2 is 1.50 bits per heavy atom. The fourth-order valence-corrected chi connectivity index (χ4v) is 1.77. The first-order valence-corrected chi connectivity index (χ1v) is 7.24. The van der Waals surface area contributed by atoms with E-state index in [9.17, 15) is 4.79 Å². The Morgan fingerprint density at radius 3 is 2.22 bits per heavy atom. The normalized spacial score (nSPS) is 11.4. The van der Waals surface area contributed by atoms with E-state index < -0.39 is 0 Å². The fourth-order valence-electron chi connectivity index (χ4n) is 1.64. The maximum atomic E-state index is 10.5. The van der Waals surface area contributed by atoms with Gasteiger partial charge in [-0.2, -0.15) is 0 Å². The van der Waals surface area contributed by atoms with Crippen LogP contribution in [0.1, 0.15) is 57.8 Å². The molecule has 0 amide bonds. The maximum Gasteiger partial charge on any atom is 0.221 e. The predicted molar refractivity (Wildman–Crippen MR) is 80.9 cm³/mol. The molecular formula is C16H25ClO. The second kappa shape index (κ2) is 14.2. The van der Waals surface area contributed by atoms with Gasteiger partial charge in [-0.3, -0.25) is 4.79 Å². The van der Waals surface area contributed by atoms with E-state index in [4.69, 9.17) is 11.6 Å². The SMILES string of the molecule is C=CC/C=C\C/C=C\CCCCCCCC(=O)Cl. The lowest BCUT2D eigenvalue weighted by molar-refractivity contribution is -0.111. The van der Waals surface area contributed by atoms with E-state index in [0.29, 0.717) is 6.42 Å². The van der Waals surface area contributed by atoms with Gasteiger partial charge < -0.3 is 0 Å². The van der Waals surface area contributed by atoms with Gasteiger partial charge in [0.25, 0.3) is 0 Å². The molecule has 0 aromatic carbocycles. The number of unbranched alkanes of at least 4 members (excludes halogenated alkanes) is 5. The average Bonchev–Trinajstić information content (AvgIpc) is 2.34. The van der Waals surface area contributed by atoms with E-state index in [1.807, 2.05) is 6.08 Å². The van der Waals surface area contributed by atoms with Crippen molar-refractivity contribution in [1.82, 2.24) is 0 Å².